The summed E-state index contributed by atoms with van der Waals surface area (Å²) in [7, 11) is 0. The van der Waals surface area contributed by atoms with Gasteiger partial charge in [0, 0.05) is 44.6 Å². The summed E-state index contributed by atoms with van der Waals surface area (Å²) < 4.78 is 2.12. The first-order chi connectivity index (χ1) is 17.8. The summed E-state index contributed by atoms with van der Waals surface area (Å²) in [6.45, 7) is 9.87. The van der Waals surface area contributed by atoms with Crippen molar-refractivity contribution in [1.82, 2.24) is 14.3 Å². The van der Waals surface area contributed by atoms with E-state index in [0.717, 1.165) is 38.2 Å². The first-order valence-electron chi connectivity index (χ1n) is 12.7. The van der Waals surface area contributed by atoms with Crippen molar-refractivity contribution < 1.29 is 4.79 Å². The Kier molecular flexibility index (Phi) is 7.35. The van der Waals surface area contributed by atoms with Crippen LogP contribution in [-0.4, -0.2) is 57.2 Å². The summed E-state index contributed by atoms with van der Waals surface area (Å²) >= 11 is 6.78. The van der Waals surface area contributed by atoms with Crippen molar-refractivity contribution in [3.05, 3.63) is 75.0 Å². The lowest BCUT2D eigenvalue weighted by molar-refractivity contribution is -0.122. The number of piperazine rings is 1. The van der Waals surface area contributed by atoms with Crippen LogP contribution in [0.1, 0.15) is 31.4 Å². The molecule has 0 spiro atoms. The molecule has 7 nitrogen and oxygen atoms in total. The van der Waals surface area contributed by atoms with Gasteiger partial charge in [0.2, 0.25) is 0 Å². The molecule has 0 saturated carbocycles. The summed E-state index contributed by atoms with van der Waals surface area (Å²) in [4.78, 5) is 38.6. The van der Waals surface area contributed by atoms with Gasteiger partial charge in [0.15, 0.2) is 0 Å². The van der Waals surface area contributed by atoms with Crippen LogP contribution in [0.4, 0.5) is 11.5 Å². The van der Waals surface area contributed by atoms with E-state index in [4.69, 9.17) is 17.2 Å². The normalized spacial score (nSPS) is 17.6. The van der Waals surface area contributed by atoms with Crippen molar-refractivity contribution in [3.8, 4) is 0 Å². The summed E-state index contributed by atoms with van der Waals surface area (Å²) in [5.74, 6) is 0.955. The van der Waals surface area contributed by atoms with Crippen LogP contribution in [0.15, 0.2) is 58.4 Å². The number of thiocarbonyl (C=S) groups is 1. The van der Waals surface area contributed by atoms with Crippen LogP contribution in [0.3, 0.4) is 0 Å². The molecule has 0 radical (unpaired) electrons. The highest BCUT2D eigenvalue weighted by Crippen LogP contribution is 2.34. The van der Waals surface area contributed by atoms with Crippen molar-refractivity contribution in [2.75, 3.05) is 42.5 Å². The molecular weight excluding hydrogens is 502 g/mol. The quantitative estimate of drug-likeness (QED) is 0.340. The molecule has 1 aromatic carbocycles. The molecule has 9 heteroatoms. The monoisotopic (exact) mass is 533 g/mol. The van der Waals surface area contributed by atoms with Gasteiger partial charge in [-0.1, -0.05) is 62.1 Å². The van der Waals surface area contributed by atoms with E-state index in [1.165, 1.54) is 17.4 Å². The van der Waals surface area contributed by atoms with Crippen LogP contribution >= 0.6 is 24.0 Å². The maximum atomic E-state index is 13.8. The van der Waals surface area contributed by atoms with E-state index in [-0.39, 0.29) is 11.5 Å². The zero-order valence-electron chi connectivity index (χ0n) is 21.4. The first-order valence-corrected chi connectivity index (χ1v) is 13.9. The molecule has 0 unspecified atom stereocenters. The number of hydrogen-bond donors (Lipinski definition) is 0. The number of carbonyl (C=O) groups excluding carboxylic acids is 1. The lowest BCUT2D eigenvalue weighted by Gasteiger charge is -2.37. The maximum Gasteiger partial charge on any atom is 0.267 e. The Bertz CT molecular complexity index is 1430. The van der Waals surface area contributed by atoms with E-state index in [1.54, 1.807) is 21.6 Å². The number of pyridine rings is 1. The van der Waals surface area contributed by atoms with Gasteiger partial charge in [0.05, 0.1) is 10.5 Å². The summed E-state index contributed by atoms with van der Waals surface area (Å²) in [6, 6.07) is 14.2. The van der Waals surface area contributed by atoms with E-state index in [1.807, 2.05) is 37.3 Å². The standard InChI is InChI=1S/C28H31N5O2S2/c1-19(2)11-13-33-27(35)23(37-28(33)36)18-22-25(29-24-20(3)8-7-12-32(24)26(22)34)31-16-14-30(15-17-31)21-9-5-4-6-10-21/h4-10,12,18-19H,11,13-17H2,1-3H3/b23-18-. The summed E-state index contributed by atoms with van der Waals surface area (Å²) in [5, 5.41) is 0. The fourth-order valence-electron chi connectivity index (χ4n) is 4.69. The molecule has 192 valence electrons. The van der Waals surface area contributed by atoms with E-state index >= 15 is 0 Å². The summed E-state index contributed by atoms with van der Waals surface area (Å²) in [5.41, 5.74) is 3.00. The van der Waals surface area contributed by atoms with Gasteiger partial charge in [-0.2, -0.15) is 0 Å². The highest BCUT2D eigenvalue weighted by atomic mass is 32.2. The molecule has 4 heterocycles. The van der Waals surface area contributed by atoms with Crippen LogP contribution in [0.25, 0.3) is 11.7 Å². The number of rotatable bonds is 6. The third kappa shape index (κ3) is 5.15. The Hall–Kier alpha value is -3.17. The number of hydrogen-bond acceptors (Lipinski definition) is 7. The smallest absolute Gasteiger partial charge is 0.267 e. The van der Waals surface area contributed by atoms with Gasteiger partial charge in [-0.05, 0) is 49.1 Å². The van der Waals surface area contributed by atoms with Gasteiger partial charge in [0.1, 0.15) is 15.8 Å². The van der Waals surface area contributed by atoms with Crippen molar-refractivity contribution >= 4 is 57.4 Å². The van der Waals surface area contributed by atoms with Crippen molar-refractivity contribution in [2.24, 2.45) is 5.92 Å². The molecular formula is C28H31N5O2S2. The van der Waals surface area contributed by atoms with Gasteiger partial charge < -0.3 is 9.80 Å². The molecule has 2 aliphatic heterocycles. The number of aromatic nitrogens is 2. The molecule has 2 aliphatic rings. The molecule has 2 saturated heterocycles. The Balaban J connectivity index is 1.52. The van der Waals surface area contributed by atoms with Crippen molar-refractivity contribution in [3.63, 3.8) is 0 Å². The number of fused-ring (bicyclic) bond motifs is 1. The van der Waals surface area contributed by atoms with Crippen LogP contribution in [-0.2, 0) is 4.79 Å². The molecule has 0 N–H and O–H groups in total. The van der Waals surface area contributed by atoms with E-state index < -0.39 is 0 Å². The van der Waals surface area contributed by atoms with Crippen LogP contribution < -0.4 is 15.4 Å². The minimum atomic E-state index is -0.179. The minimum Gasteiger partial charge on any atom is -0.368 e. The van der Waals surface area contributed by atoms with Gasteiger partial charge in [0.25, 0.3) is 11.5 Å². The highest BCUT2D eigenvalue weighted by Gasteiger charge is 2.33. The third-order valence-corrected chi connectivity index (χ3v) is 8.22. The zero-order chi connectivity index (χ0) is 26.1. The van der Waals surface area contributed by atoms with Crippen LogP contribution in [0.5, 0.6) is 0 Å². The number of thioether (sulfide) groups is 1. The average molecular weight is 534 g/mol. The number of para-hydroxylation sites is 1. The zero-order valence-corrected chi connectivity index (χ0v) is 23.0. The molecule has 2 aromatic heterocycles. The first kappa shape index (κ1) is 25.5. The molecule has 0 bridgehead atoms. The average Bonchev–Trinajstić information content (AvgIpc) is 3.17. The van der Waals surface area contributed by atoms with Crippen LogP contribution in [0, 0.1) is 12.8 Å². The minimum absolute atomic E-state index is 0.135. The van der Waals surface area contributed by atoms with E-state index in [0.29, 0.717) is 38.7 Å². The fraction of sp³-hybridized carbons (Fsp3) is 0.357. The van der Waals surface area contributed by atoms with Gasteiger partial charge in [-0.25, -0.2) is 4.98 Å². The second-order valence-corrected chi connectivity index (χ2v) is 11.5. The molecule has 5 rings (SSSR count). The number of aryl methyl sites for hydroxylation is 1. The molecule has 3 aromatic rings. The Labute approximate surface area is 226 Å². The van der Waals surface area contributed by atoms with Gasteiger partial charge >= 0.3 is 0 Å². The second-order valence-electron chi connectivity index (χ2n) is 9.86. The number of nitrogens with zero attached hydrogens (tertiary/aromatic N) is 5. The fourth-order valence-corrected chi connectivity index (χ4v) is 5.98. The van der Waals surface area contributed by atoms with Gasteiger partial charge in [-0.15, -0.1) is 0 Å². The predicted molar refractivity (Wildman–Crippen MR) is 156 cm³/mol. The SMILES string of the molecule is Cc1cccn2c(=O)c(/C=C3\SC(=S)N(CCC(C)C)C3=O)c(N3CCN(c4ccccc4)CC3)nc12. The Morgan fingerprint density at radius 2 is 1.73 bits per heavy atom. The summed E-state index contributed by atoms with van der Waals surface area (Å²) in [6.07, 6.45) is 4.31. The molecule has 0 atom stereocenters. The Morgan fingerprint density at radius 3 is 2.43 bits per heavy atom. The molecule has 0 aliphatic carbocycles. The third-order valence-electron chi connectivity index (χ3n) is 6.84. The Morgan fingerprint density at radius 1 is 1.03 bits per heavy atom. The predicted octanol–water partition coefficient (Wildman–Crippen LogP) is 4.58. The number of benzene rings is 1. The maximum absolute atomic E-state index is 13.8. The lowest BCUT2D eigenvalue weighted by Crippen LogP contribution is -2.47. The molecule has 1 amide bonds. The largest absolute Gasteiger partial charge is 0.368 e. The highest BCUT2D eigenvalue weighted by molar-refractivity contribution is 8.26. The van der Waals surface area contributed by atoms with Crippen molar-refractivity contribution in [2.45, 2.75) is 27.2 Å². The molecule has 37 heavy (non-hydrogen) atoms. The van der Waals surface area contributed by atoms with E-state index in [2.05, 4.69) is 35.8 Å². The van der Waals surface area contributed by atoms with E-state index in [9.17, 15) is 9.59 Å². The molecule has 2 fully saturated rings. The number of carbonyl (C=O) groups is 1. The van der Waals surface area contributed by atoms with Crippen molar-refractivity contribution in [1.29, 1.82) is 0 Å². The topological polar surface area (TPSA) is 61.2 Å². The number of amides is 1. The lowest BCUT2D eigenvalue weighted by atomic mass is 10.1. The second kappa shape index (κ2) is 10.7. The van der Waals surface area contributed by atoms with Gasteiger partial charge in [-0.3, -0.25) is 18.9 Å². The van der Waals surface area contributed by atoms with Crippen LogP contribution in [0.2, 0.25) is 0 Å². The number of anilines is 2.